The Bertz CT molecular complexity index is 639. The van der Waals surface area contributed by atoms with Crippen molar-refractivity contribution < 1.29 is 9.47 Å². The van der Waals surface area contributed by atoms with Crippen molar-refractivity contribution >= 4 is 17.1 Å². The number of nitrogens with zero attached hydrogens (tertiary/aromatic N) is 2. The number of nitrogens with two attached hydrogens (primary N) is 1. The summed E-state index contributed by atoms with van der Waals surface area (Å²) in [5, 5.41) is 8.42. The molecule has 104 valence electrons. The predicted molar refractivity (Wildman–Crippen MR) is 79.3 cm³/mol. The molecule has 0 aromatic heterocycles. The van der Waals surface area contributed by atoms with Gasteiger partial charge in [-0.05, 0) is 42.8 Å². The van der Waals surface area contributed by atoms with Crippen LogP contribution in [0.1, 0.15) is 5.56 Å². The normalized spacial score (nSPS) is 10.8. The minimum absolute atomic E-state index is 0.576. The van der Waals surface area contributed by atoms with Gasteiger partial charge in [0.15, 0.2) is 0 Å². The third-order valence-electron chi connectivity index (χ3n) is 2.89. The van der Waals surface area contributed by atoms with E-state index in [0.29, 0.717) is 17.1 Å². The summed E-state index contributed by atoms with van der Waals surface area (Å²) in [5.74, 6) is 1.39. The Morgan fingerprint density at radius 2 is 1.75 bits per heavy atom. The van der Waals surface area contributed by atoms with E-state index in [-0.39, 0.29) is 0 Å². The standard InChI is InChI=1S/C15H17N3O2/c1-10-8-12(19-2)5-7-14(10)18-17-11-4-6-13(16)15(9-11)20-3/h4-9H,16H2,1-3H3. The average Bonchev–Trinajstić information content (AvgIpc) is 2.47. The number of rotatable bonds is 4. The highest BCUT2D eigenvalue weighted by atomic mass is 16.5. The molecular weight excluding hydrogens is 254 g/mol. The first-order valence-electron chi connectivity index (χ1n) is 6.14. The third kappa shape index (κ3) is 3.06. The van der Waals surface area contributed by atoms with Crippen molar-refractivity contribution in [1.29, 1.82) is 0 Å². The second-order valence-electron chi connectivity index (χ2n) is 4.28. The first-order chi connectivity index (χ1) is 9.63. The highest BCUT2D eigenvalue weighted by Gasteiger charge is 2.02. The van der Waals surface area contributed by atoms with Crippen LogP contribution in [-0.4, -0.2) is 14.2 Å². The largest absolute Gasteiger partial charge is 0.497 e. The fourth-order valence-corrected chi connectivity index (χ4v) is 1.74. The lowest BCUT2D eigenvalue weighted by molar-refractivity contribution is 0.414. The monoisotopic (exact) mass is 271 g/mol. The predicted octanol–water partition coefficient (Wildman–Crippen LogP) is 4.01. The van der Waals surface area contributed by atoms with Gasteiger partial charge in [-0.25, -0.2) is 0 Å². The van der Waals surface area contributed by atoms with Gasteiger partial charge in [-0.1, -0.05) is 0 Å². The molecule has 0 saturated carbocycles. The number of azo groups is 1. The molecule has 0 aliphatic heterocycles. The van der Waals surface area contributed by atoms with Crippen LogP contribution in [0.2, 0.25) is 0 Å². The number of hydrogen-bond donors (Lipinski definition) is 1. The molecular formula is C15H17N3O2. The maximum Gasteiger partial charge on any atom is 0.143 e. The summed E-state index contributed by atoms with van der Waals surface area (Å²) < 4.78 is 10.3. The van der Waals surface area contributed by atoms with Crippen LogP contribution < -0.4 is 15.2 Å². The van der Waals surface area contributed by atoms with Gasteiger partial charge in [-0.15, -0.1) is 0 Å². The van der Waals surface area contributed by atoms with Crippen LogP contribution in [0.25, 0.3) is 0 Å². The van der Waals surface area contributed by atoms with E-state index in [0.717, 1.165) is 17.0 Å². The zero-order valence-electron chi connectivity index (χ0n) is 11.8. The molecule has 0 heterocycles. The van der Waals surface area contributed by atoms with Gasteiger partial charge < -0.3 is 15.2 Å². The maximum atomic E-state index is 5.75. The fourth-order valence-electron chi connectivity index (χ4n) is 1.74. The zero-order chi connectivity index (χ0) is 14.5. The molecule has 0 saturated heterocycles. The SMILES string of the molecule is COc1ccc(N=Nc2ccc(N)c(OC)c2)c(C)c1. The minimum Gasteiger partial charge on any atom is -0.497 e. The molecule has 5 heteroatoms. The first-order valence-corrected chi connectivity index (χ1v) is 6.14. The van der Waals surface area contributed by atoms with Crippen LogP contribution >= 0.6 is 0 Å². The quantitative estimate of drug-likeness (QED) is 0.674. The Balaban J connectivity index is 2.25. The number of anilines is 1. The number of hydrogen-bond acceptors (Lipinski definition) is 5. The van der Waals surface area contributed by atoms with E-state index < -0.39 is 0 Å². The van der Waals surface area contributed by atoms with Crippen molar-refractivity contribution in [2.24, 2.45) is 10.2 Å². The molecule has 2 aromatic carbocycles. The summed E-state index contributed by atoms with van der Waals surface area (Å²) >= 11 is 0. The lowest BCUT2D eigenvalue weighted by Gasteiger charge is -2.05. The fraction of sp³-hybridized carbons (Fsp3) is 0.200. The minimum atomic E-state index is 0.576. The molecule has 0 radical (unpaired) electrons. The van der Waals surface area contributed by atoms with Crippen LogP contribution in [0.4, 0.5) is 17.1 Å². The van der Waals surface area contributed by atoms with Gasteiger partial charge >= 0.3 is 0 Å². The highest BCUT2D eigenvalue weighted by Crippen LogP contribution is 2.29. The second-order valence-corrected chi connectivity index (χ2v) is 4.28. The number of methoxy groups -OCH3 is 2. The smallest absolute Gasteiger partial charge is 0.143 e. The van der Waals surface area contributed by atoms with Crippen LogP contribution in [0, 0.1) is 6.92 Å². The Morgan fingerprint density at radius 1 is 0.950 bits per heavy atom. The third-order valence-corrected chi connectivity index (χ3v) is 2.89. The second kappa shape index (κ2) is 6.06. The molecule has 2 N–H and O–H groups in total. The van der Waals surface area contributed by atoms with E-state index >= 15 is 0 Å². The Labute approximate surface area is 118 Å². The highest BCUT2D eigenvalue weighted by molar-refractivity contribution is 5.59. The molecule has 0 spiro atoms. The molecule has 0 unspecified atom stereocenters. The average molecular weight is 271 g/mol. The van der Waals surface area contributed by atoms with Gasteiger partial charge in [-0.2, -0.15) is 10.2 Å². The van der Waals surface area contributed by atoms with Crippen molar-refractivity contribution in [3.8, 4) is 11.5 Å². The van der Waals surface area contributed by atoms with Crippen molar-refractivity contribution in [2.45, 2.75) is 6.92 Å². The summed E-state index contributed by atoms with van der Waals surface area (Å²) in [6.45, 7) is 1.96. The van der Waals surface area contributed by atoms with Crippen molar-refractivity contribution in [1.82, 2.24) is 0 Å². The van der Waals surface area contributed by atoms with Crippen molar-refractivity contribution in [3.05, 3.63) is 42.0 Å². The van der Waals surface area contributed by atoms with Gasteiger partial charge in [0.2, 0.25) is 0 Å². The van der Waals surface area contributed by atoms with E-state index in [1.54, 1.807) is 32.4 Å². The Kier molecular flexibility index (Phi) is 4.20. The molecule has 0 bridgehead atoms. The van der Waals surface area contributed by atoms with Gasteiger partial charge in [0.25, 0.3) is 0 Å². The Morgan fingerprint density at radius 3 is 2.40 bits per heavy atom. The number of aryl methyl sites for hydroxylation is 1. The van der Waals surface area contributed by atoms with Crippen LogP contribution in [0.5, 0.6) is 11.5 Å². The van der Waals surface area contributed by atoms with Gasteiger partial charge in [0.05, 0.1) is 31.3 Å². The lowest BCUT2D eigenvalue weighted by atomic mass is 10.2. The molecule has 20 heavy (non-hydrogen) atoms. The van der Waals surface area contributed by atoms with E-state index in [1.807, 2.05) is 25.1 Å². The molecule has 0 fully saturated rings. The van der Waals surface area contributed by atoms with Gasteiger partial charge in [-0.3, -0.25) is 0 Å². The first kappa shape index (κ1) is 13.9. The topological polar surface area (TPSA) is 69.2 Å². The molecule has 2 aromatic rings. The maximum absolute atomic E-state index is 5.75. The molecule has 0 amide bonds. The van der Waals surface area contributed by atoms with Crippen molar-refractivity contribution in [2.75, 3.05) is 20.0 Å². The Hall–Kier alpha value is -2.56. The summed E-state index contributed by atoms with van der Waals surface area (Å²) in [4.78, 5) is 0. The molecule has 2 rings (SSSR count). The summed E-state index contributed by atoms with van der Waals surface area (Å²) in [6, 6.07) is 10.9. The van der Waals surface area contributed by atoms with E-state index in [1.165, 1.54) is 0 Å². The number of benzene rings is 2. The van der Waals surface area contributed by atoms with Crippen LogP contribution in [0.3, 0.4) is 0 Å². The zero-order valence-corrected chi connectivity index (χ0v) is 11.8. The number of ether oxygens (including phenoxy) is 2. The molecule has 5 nitrogen and oxygen atoms in total. The van der Waals surface area contributed by atoms with Crippen LogP contribution in [0.15, 0.2) is 46.6 Å². The summed E-state index contributed by atoms with van der Waals surface area (Å²) in [7, 11) is 3.21. The van der Waals surface area contributed by atoms with Crippen molar-refractivity contribution in [3.63, 3.8) is 0 Å². The van der Waals surface area contributed by atoms with E-state index in [4.69, 9.17) is 15.2 Å². The van der Waals surface area contributed by atoms with E-state index in [2.05, 4.69) is 10.2 Å². The van der Waals surface area contributed by atoms with Gasteiger partial charge in [0.1, 0.15) is 11.5 Å². The summed E-state index contributed by atoms with van der Waals surface area (Å²) in [5.41, 5.74) is 8.80. The molecule has 0 atom stereocenters. The molecule has 0 aliphatic carbocycles. The van der Waals surface area contributed by atoms with Gasteiger partial charge in [0, 0.05) is 6.07 Å². The summed E-state index contributed by atoms with van der Waals surface area (Å²) in [6.07, 6.45) is 0. The number of nitrogen functional groups attached to an aromatic ring is 1. The lowest BCUT2D eigenvalue weighted by Crippen LogP contribution is -1.90. The van der Waals surface area contributed by atoms with E-state index in [9.17, 15) is 0 Å². The van der Waals surface area contributed by atoms with Crippen LogP contribution in [-0.2, 0) is 0 Å². The molecule has 0 aliphatic rings.